The Morgan fingerprint density at radius 3 is 2.24 bits per heavy atom. The van der Waals surface area contributed by atoms with E-state index in [9.17, 15) is 24.6 Å². The van der Waals surface area contributed by atoms with Crippen LogP contribution < -0.4 is 10.6 Å². The highest BCUT2D eigenvalue weighted by atomic mass is 16.6. The van der Waals surface area contributed by atoms with Gasteiger partial charge in [-0.05, 0) is 69.5 Å². The van der Waals surface area contributed by atoms with Gasteiger partial charge >= 0.3 is 6.09 Å². The number of hydrogen-bond acceptors (Lipinski definition) is 6. The molecule has 2 unspecified atom stereocenters. The molecular formula is C28H39N3O6. The van der Waals surface area contributed by atoms with Crippen LogP contribution in [0.4, 0.5) is 4.79 Å². The Morgan fingerprint density at radius 1 is 1.00 bits per heavy atom. The fourth-order valence-corrected chi connectivity index (χ4v) is 3.84. The van der Waals surface area contributed by atoms with E-state index >= 15 is 0 Å². The molecule has 2 rings (SSSR count). The zero-order valence-corrected chi connectivity index (χ0v) is 22.3. The third kappa shape index (κ3) is 9.33. The van der Waals surface area contributed by atoms with E-state index in [4.69, 9.17) is 4.74 Å². The van der Waals surface area contributed by atoms with Crippen LogP contribution in [0.2, 0.25) is 0 Å². The van der Waals surface area contributed by atoms with Gasteiger partial charge in [0.1, 0.15) is 29.2 Å². The summed E-state index contributed by atoms with van der Waals surface area (Å²) in [4.78, 5) is 41.3. The van der Waals surface area contributed by atoms with Gasteiger partial charge in [0.25, 0.3) is 0 Å². The number of carbonyl (C=O) groups excluding carboxylic acids is 3. The van der Waals surface area contributed by atoms with Gasteiger partial charge in [-0.15, -0.1) is 0 Å². The predicted octanol–water partition coefficient (Wildman–Crippen LogP) is 4.04. The second-order valence-electron chi connectivity index (χ2n) is 9.84. The minimum absolute atomic E-state index is 0.0279. The van der Waals surface area contributed by atoms with Crippen molar-refractivity contribution >= 4 is 17.9 Å². The maximum Gasteiger partial charge on any atom is 0.408 e. The Bertz CT molecular complexity index is 1050. The summed E-state index contributed by atoms with van der Waals surface area (Å²) in [5.74, 6) is -0.815. The molecule has 0 fully saturated rings. The molecule has 9 heteroatoms. The summed E-state index contributed by atoms with van der Waals surface area (Å²) in [6.45, 7) is 9.54. The highest BCUT2D eigenvalue weighted by Crippen LogP contribution is 2.26. The fraction of sp³-hybridized carbons (Fsp3) is 0.464. The highest BCUT2D eigenvalue weighted by Gasteiger charge is 2.35. The summed E-state index contributed by atoms with van der Waals surface area (Å²) >= 11 is 0. The van der Waals surface area contributed by atoms with E-state index < -0.39 is 29.7 Å². The van der Waals surface area contributed by atoms with Gasteiger partial charge < -0.3 is 30.5 Å². The Labute approximate surface area is 218 Å². The number of amides is 3. The lowest BCUT2D eigenvalue weighted by atomic mass is 10.00. The third-order valence-corrected chi connectivity index (χ3v) is 5.56. The number of carbonyl (C=O) groups is 3. The molecule has 0 aromatic heterocycles. The number of phenols is 2. The molecule has 0 heterocycles. The van der Waals surface area contributed by atoms with Crippen molar-refractivity contribution < 1.29 is 29.3 Å². The van der Waals surface area contributed by atoms with Crippen molar-refractivity contribution in [2.45, 2.75) is 71.6 Å². The normalized spacial score (nSPS) is 12.8. The number of nitrogens with one attached hydrogen (secondary N) is 2. The van der Waals surface area contributed by atoms with Crippen LogP contribution in [0.25, 0.3) is 0 Å². The molecule has 0 saturated heterocycles. The van der Waals surface area contributed by atoms with Crippen LogP contribution in [0.5, 0.6) is 11.5 Å². The summed E-state index contributed by atoms with van der Waals surface area (Å²) in [5, 5.41) is 25.3. The number of rotatable bonds is 11. The van der Waals surface area contributed by atoms with Crippen LogP contribution in [0.1, 0.15) is 64.6 Å². The first-order valence-electron chi connectivity index (χ1n) is 12.6. The number of aromatic hydroxyl groups is 2. The van der Waals surface area contributed by atoms with Gasteiger partial charge in [0.2, 0.25) is 11.8 Å². The third-order valence-electron chi connectivity index (χ3n) is 5.56. The maximum atomic E-state index is 13.9. The van der Waals surface area contributed by atoms with Crippen molar-refractivity contribution in [1.29, 1.82) is 0 Å². The Balaban J connectivity index is 2.44. The van der Waals surface area contributed by atoms with E-state index in [0.717, 1.165) is 12.8 Å². The number of likely N-dealkylation sites (N-methyl/N-ethyl adjacent to an activating group) is 1. The van der Waals surface area contributed by atoms with E-state index in [2.05, 4.69) is 10.6 Å². The standard InChI is InChI=1S/C28H39N3O6/c1-6-8-16-29-25(34)24(20-10-9-11-22(33)18-20)31(7-2)26(35)23(30-27(36)37-28(3,4)5)17-19-12-14-21(32)15-13-19/h9-15,18,23-24,32-33H,6-8,16-17H2,1-5H3,(H,29,34)(H,30,36). The molecule has 2 aromatic rings. The van der Waals surface area contributed by atoms with Gasteiger partial charge in [-0.3, -0.25) is 9.59 Å². The molecule has 9 nitrogen and oxygen atoms in total. The molecule has 0 radical (unpaired) electrons. The van der Waals surface area contributed by atoms with Crippen LogP contribution >= 0.6 is 0 Å². The lowest BCUT2D eigenvalue weighted by molar-refractivity contribution is -0.142. The zero-order valence-electron chi connectivity index (χ0n) is 22.3. The minimum Gasteiger partial charge on any atom is -0.508 e. The van der Waals surface area contributed by atoms with Gasteiger partial charge in [-0.2, -0.15) is 0 Å². The van der Waals surface area contributed by atoms with Crippen LogP contribution in [-0.2, 0) is 20.7 Å². The van der Waals surface area contributed by atoms with Crippen molar-refractivity contribution in [3.8, 4) is 11.5 Å². The highest BCUT2D eigenvalue weighted by molar-refractivity contribution is 5.92. The molecule has 37 heavy (non-hydrogen) atoms. The van der Waals surface area contributed by atoms with Gasteiger partial charge in [-0.25, -0.2) is 4.79 Å². The van der Waals surface area contributed by atoms with E-state index in [-0.39, 0.29) is 30.4 Å². The monoisotopic (exact) mass is 513 g/mol. The van der Waals surface area contributed by atoms with Gasteiger partial charge in [0, 0.05) is 19.5 Å². The van der Waals surface area contributed by atoms with Gasteiger partial charge in [0.15, 0.2) is 0 Å². The van der Waals surface area contributed by atoms with Crippen molar-refractivity contribution in [2.75, 3.05) is 13.1 Å². The van der Waals surface area contributed by atoms with Crippen LogP contribution in [0.3, 0.4) is 0 Å². The minimum atomic E-state index is -1.05. The van der Waals surface area contributed by atoms with Crippen LogP contribution in [0, 0.1) is 0 Å². The molecule has 0 bridgehead atoms. The molecule has 0 aliphatic carbocycles. The van der Waals surface area contributed by atoms with E-state index in [1.807, 2.05) is 6.92 Å². The summed E-state index contributed by atoms with van der Waals surface area (Å²) < 4.78 is 5.39. The number of alkyl carbamates (subject to hydrolysis) is 1. The molecule has 0 spiro atoms. The topological polar surface area (TPSA) is 128 Å². The first kappa shape index (κ1) is 29.5. The molecule has 3 amide bonds. The molecule has 0 aliphatic heterocycles. The largest absolute Gasteiger partial charge is 0.508 e. The zero-order chi connectivity index (χ0) is 27.6. The summed E-state index contributed by atoms with van der Waals surface area (Å²) in [5.41, 5.74) is 0.374. The van der Waals surface area contributed by atoms with Crippen molar-refractivity contribution in [2.24, 2.45) is 0 Å². The number of unbranched alkanes of at least 4 members (excludes halogenated alkanes) is 1. The number of nitrogens with zero attached hydrogens (tertiary/aromatic N) is 1. The van der Waals surface area contributed by atoms with Gasteiger partial charge in [0.05, 0.1) is 0 Å². The second-order valence-corrected chi connectivity index (χ2v) is 9.84. The summed E-state index contributed by atoms with van der Waals surface area (Å²) in [7, 11) is 0. The number of phenolic OH excluding ortho intramolecular Hbond substituents is 2. The quantitative estimate of drug-likeness (QED) is 0.336. The van der Waals surface area contributed by atoms with Crippen molar-refractivity contribution in [3.05, 3.63) is 59.7 Å². The summed E-state index contributed by atoms with van der Waals surface area (Å²) in [6.07, 6.45) is 1.02. The maximum absolute atomic E-state index is 13.9. The average molecular weight is 514 g/mol. The Morgan fingerprint density at radius 2 is 1.68 bits per heavy atom. The molecular weight excluding hydrogens is 474 g/mol. The number of benzene rings is 2. The molecule has 4 N–H and O–H groups in total. The van der Waals surface area contributed by atoms with Crippen molar-refractivity contribution in [3.63, 3.8) is 0 Å². The van der Waals surface area contributed by atoms with E-state index in [0.29, 0.717) is 17.7 Å². The average Bonchev–Trinajstić information content (AvgIpc) is 2.81. The predicted molar refractivity (Wildman–Crippen MR) is 141 cm³/mol. The molecule has 0 aliphatic rings. The molecule has 2 aromatic carbocycles. The number of ether oxygens (including phenoxy) is 1. The SMILES string of the molecule is CCCCNC(=O)C(c1cccc(O)c1)N(CC)C(=O)C(Cc1ccc(O)cc1)NC(=O)OC(C)(C)C. The lowest BCUT2D eigenvalue weighted by Gasteiger charge is -2.34. The Kier molecular flexibility index (Phi) is 10.8. The van der Waals surface area contributed by atoms with Crippen LogP contribution in [0.15, 0.2) is 48.5 Å². The molecule has 2 atom stereocenters. The number of hydrogen-bond donors (Lipinski definition) is 4. The lowest BCUT2D eigenvalue weighted by Crippen LogP contribution is -2.53. The van der Waals surface area contributed by atoms with Crippen LogP contribution in [-0.4, -0.2) is 57.8 Å². The molecule has 0 saturated carbocycles. The fourth-order valence-electron chi connectivity index (χ4n) is 3.84. The summed E-state index contributed by atoms with van der Waals surface area (Å²) in [6, 6.07) is 10.5. The van der Waals surface area contributed by atoms with Crippen molar-refractivity contribution in [1.82, 2.24) is 15.5 Å². The first-order chi connectivity index (χ1) is 17.4. The van der Waals surface area contributed by atoms with E-state index in [1.54, 1.807) is 52.0 Å². The first-order valence-corrected chi connectivity index (χ1v) is 12.6. The smallest absolute Gasteiger partial charge is 0.408 e. The van der Waals surface area contributed by atoms with E-state index in [1.165, 1.54) is 29.2 Å². The molecule has 202 valence electrons. The second kappa shape index (κ2) is 13.5. The van der Waals surface area contributed by atoms with Gasteiger partial charge in [-0.1, -0.05) is 37.6 Å². The Hall–Kier alpha value is -3.75.